The maximum atomic E-state index is 13.5. The van der Waals surface area contributed by atoms with Crippen molar-refractivity contribution in [3.8, 4) is 0 Å². The standard InChI is InChI=1S/C30H30N2O4S/c1-19-9-8-10-20(2)26(19)32-29(34)27(21-11-4-3-5-12-21)37-23-17-15-22(16-18-23)31-28(33)24-13-6-7-14-25(24)30(35)36/h3-12,15-18,24-25,27H,13-14H2,1-2H3,(H,31,33)(H,32,34)(H,35,36). The minimum Gasteiger partial charge on any atom is -0.481 e. The summed E-state index contributed by atoms with van der Waals surface area (Å²) in [4.78, 5) is 38.6. The highest BCUT2D eigenvalue weighted by atomic mass is 32.2. The monoisotopic (exact) mass is 514 g/mol. The molecule has 190 valence electrons. The number of allylic oxidation sites excluding steroid dienone is 2. The lowest BCUT2D eigenvalue weighted by molar-refractivity contribution is -0.146. The van der Waals surface area contributed by atoms with Crippen molar-refractivity contribution in [2.45, 2.75) is 36.8 Å². The Kier molecular flexibility index (Phi) is 8.46. The van der Waals surface area contributed by atoms with Crippen LogP contribution in [0.5, 0.6) is 0 Å². The van der Waals surface area contributed by atoms with Crippen LogP contribution in [0.25, 0.3) is 0 Å². The van der Waals surface area contributed by atoms with E-state index in [0.717, 1.165) is 27.3 Å². The molecule has 3 aromatic carbocycles. The van der Waals surface area contributed by atoms with Gasteiger partial charge in [-0.05, 0) is 67.6 Å². The van der Waals surface area contributed by atoms with Crippen molar-refractivity contribution in [2.75, 3.05) is 10.6 Å². The topological polar surface area (TPSA) is 95.5 Å². The van der Waals surface area contributed by atoms with Gasteiger partial charge in [-0.25, -0.2) is 0 Å². The van der Waals surface area contributed by atoms with E-state index in [9.17, 15) is 19.5 Å². The van der Waals surface area contributed by atoms with Gasteiger partial charge in [0.05, 0.1) is 11.8 Å². The SMILES string of the molecule is Cc1cccc(C)c1NC(=O)C(Sc1ccc(NC(=O)C2CC=CCC2C(=O)O)cc1)c1ccccc1. The summed E-state index contributed by atoms with van der Waals surface area (Å²) in [6.45, 7) is 3.95. The number of anilines is 2. The molecule has 0 saturated heterocycles. The van der Waals surface area contributed by atoms with Crippen molar-refractivity contribution >= 4 is 40.9 Å². The van der Waals surface area contributed by atoms with Crippen LogP contribution in [0.1, 0.15) is 34.8 Å². The van der Waals surface area contributed by atoms with Crippen molar-refractivity contribution in [1.82, 2.24) is 0 Å². The number of nitrogens with one attached hydrogen (secondary N) is 2. The number of para-hydroxylation sites is 1. The third-order valence-corrected chi connectivity index (χ3v) is 7.80. The maximum absolute atomic E-state index is 13.5. The summed E-state index contributed by atoms with van der Waals surface area (Å²) in [6, 6.07) is 22.8. The van der Waals surface area contributed by atoms with E-state index < -0.39 is 23.1 Å². The van der Waals surface area contributed by atoms with Crippen LogP contribution in [-0.4, -0.2) is 22.9 Å². The molecule has 0 fully saturated rings. The first-order valence-electron chi connectivity index (χ1n) is 12.2. The lowest BCUT2D eigenvalue weighted by Gasteiger charge is -2.24. The average molecular weight is 515 g/mol. The van der Waals surface area contributed by atoms with Crippen LogP contribution in [0.15, 0.2) is 89.8 Å². The smallest absolute Gasteiger partial charge is 0.307 e. The van der Waals surface area contributed by atoms with Gasteiger partial charge in [-0.2, -0.15) is 0 Å². The summed E-state index contributed by atoms with van der Waals surface area (Å²) in [5, 5.41) is 14.9. The predicted octanol–water partition coefficient (Wildman–Crippen LogP) is 6.38. The fraction of sp³-hybridized carbons (Fsp3) is 0.233. The second-order valence-electron chi connectivity index (χ2n) is 9.17. The van der Waals surface area contributed by atoms with E-state index in [1.165, 1.54) is 11.8 Å². The van der Waals surface area contributed by atoms with Crippen LogP contribution in [-0.2, 0) is 14.4 Å². The molecule has 0 bridgehead atoms. The Balaban J connectivity index is 1.49. The predicted molar refractivity (Wildman–Crippen MR) is 148 cm³/mol. The zero-order valence-electron chi connectivity index (χ0n) is 20.8. The quantitative estimate of drug-likeness (QED) is 0.239. The fourth-order valence-corrected chi connectivity index (χ4v) is 5.49. The molecule has 0 spiro atoms. The van der Waals surface area contributed by atoms with E-state index in [1.54, 1.807) is 12.1 Å². The number of carbonyl (C=O) groups is 3. The molecule has 2 amide bonds. The minimum absolute atomic E-state index is 0.115. The molecule has 3 aromatic rings. The first kappa shape index (κ1) is 26.2. The van der Waals surface area contributed by atoms with Gasteiger partial charge in [0.1, 0.15) is 5.25 Å². The highest BCUT2D eigenvalue weighted by molar-refractivity contribution is 8.00. The summed E-state index contributed by atoms with van der Waals surface area (Å²) in [7, 11) is 0. The lowest BCUT2D eigenvalue weighted by atomic mass is 9.82. The van der Waals surface area contributed by atoms with Gasteiger partial charge in [-0.3, -0.25) is 14.4 Å². The maximum Gasteiger partial charge on any atom is 0.307 e. The number of rotatable bonds is 8. The zero-order valence-corrected chi connectivity index (χ0v) is 21.6. The van der Waals surface area contributed by atoms with Gasteiger partial charge >= 0.3 is 5.97 Å². The van der Waals surface area contributed by atoms with Crippen LogP contribution >= 0.6 is 11.8 Å². The largest absolute Gasteiger partial charge is 0.481 e. The van der Waals surface area contributed by atoms with Crippen LogP contribution in [0.2, 0.25) is 0 Å². The van der Waals surface area contributed by atoms with Crippen molar-refractivity contribution in [3.63, 3.8) is 0 Å². The molecule has 1 aliphatic rings. The Morgan fingerprint density at radius 2 is 1.43 bits per heavy atom. The third-order valence-electron chi connectivity index (χ3n) is 6.53. The van der Waals surface area contributed by atoms with Crippen LogP contribution in [0.4, 0.5) is 11.4 Å². The Hall–Kier alpha value is -3.84. The third kappa shape index (κ3) is 6.49. The first-order valence-corrected chi connectivity index (χ1v) is 13.1. The Bertz CT molecular complexity index is 1280. The molecule has 0 saturated carbocycles. The van der Waals surface area contributed by atoms with Crippen LogP contribution < -0.4 is 10.6 Å². The molecule has 0 aliphatic heterocycles. The van der Waals surface area contributed by atoms with Crippen LogP contribution in [0.3, 0.4) is 0 Å². The normalized spacial score (nSPS) is 17.6. The van der Waals surface area contributed by atoms with Gasteiger partial charge in [-0.15, -0.1) is 11.8 Å². The van der Waals surface area contributed by atoms with Gasteiger partial charge in [-0.1, -0.05) is 60.7 Å². The molecule has 0 radical (unpaired) electrons. The summed E-state index contributed by atoms with van der Waals surface area (Å²) < 4.78 is 0. The van der Waals surface area contributed by atoms with Crippen molar-refractivity contribution in [1.29, 1.82) is 0 Å². The van der Waals surface area contributed by atoms with Gasteiger partial charge in [0.25, 0.3) is 0 Å². The fourth-order valence-electron chi connectivity index (χ4n) is 4.47. The highest BCUT2D eigenvalue weighted by Crippen LogP contribution is 2.37. The minimum atomic E-state index is -0.956. The van der Waals surface area contributed by atoms with Crippen molar-refractivity contribution in [2.24, 2.45) is 11.8 Å². The second kappa shape index (κ2) is 11.9. The molecule has 0 heterocycles. The Morgan fingerprint density at radius 1 is 0.811 bits per heavy atom. The van der Waals surface area contributed by atoms with E-state index in [1.807, 2.05) is 86.7 Å². The molecule has 7 heteroatoms. The average Bonchev–Trinajstić information content (AvgIpc) is 2.90. The number of carboxylic acid groups (broad SMARTS) is 1. The molecule has 37 heavy (non-hydrogen) atoms. The molecule has 3 atom stereocenters. The number of hydrogen-bond donors (Lipinski definition) is 3. The summed E-state index contributed by atoms with van der Waals surface area (Å²) >= 11 is 1.43. The van der Waals surface area contributed by atoms with Gasteiger partial charge in [0, 0.05) is 16.3 Å². The molecular weight excluding hydrogens is 484 g/mol. The number of aliphatic carboxylic acids is 1. The highest BCUT2D eigenvalue weighted by Gasteiger charge is 2.34. The number of aryl methyl sites for hydroxylation is 2. The van der Waals surface area contributed by atoms with E-state index in [4.69, 9.17) is 0 Å². The van der Waals surface area contributed by atoms with E-state index in [-0.39, 0.29) is 11.8 Å². The number of benzene rings is 3. The lowest BCUT2D eigenvalue weighted by Crippen LogP contribution is -2.34. The first-order chi connectivity index (χ1) is 17.8. The van der Waals surface area contributed by atoms with Gasteiger partial charge in [0.2, 0.25) is 11.8 Å². The van der Waals surface area contributed by atoms with Crippen molar-refractivity contribution < 1.29 is 19.5 Å². The molecule has 4 rings (SSSR count). The van der Waals surface area contributed by atoms with Gasteiger partial charge in [0.15, 0.2) is 0 Å². The molecule has 3 N–H and O–H groups in total. The number of carboxylic acids is 1. The van der Waals surface area contributed by atoms with E-state index >= 15 is 0 Å². The zero-order chi connectivity index (χ0) is 26.4. The summed E-state index contributed by atoms with van der Waals surface area (Å²) in [5.41, 5.74) is 4.31. The summed E-state index contributed by atoms with van der Waals surface area (Å²) in [6.07, 6.45) is 4.43. The Morgan fingerprint density at radius 3 is 2.05 bits per heavy atom. The number of hydrogen-bond acceptors (Lipinski definition) is 4. The molecule has 0 aromatic heterocycles. The van der Waals surface area contributed by atoms with Gasteiger partial charge < -0.3 is 15.7 Å². The second-order valence-corrected chi connectivity index (χ2v) is 10.4. The van der Waals surface area contributed by atoms with E-state index in [2.05, 4.69) is 10.6 Å². The molecule has 6 nitrogen and oxygen atoms in total. The summed E-state index contributed by atoms with van der Waals surface area (Å²) in [5.74, 6) is -2.69. The number of thioether (sulfide) groups is 1. The van der Waals surface area contributed by atoms with Crippen LogP contribution in [0, 0.1) is 25.7 Å². The number of carbonyl (C=O) groups excluding carboxylic acids is 2. The molecule has 3 unspecified atom stereocenters. The molecule has 1 aliphatic carbocycles. The van der Waals surface area contributed by atoms with E-state index in [0.29, 0.717) is 18.5 Å². The molecular formula is C30H30N2O4S. The van der Waals surface area contributed by atoms with Crippen molar-refractivity contribution in [3.05, 3.63) is 102 Å². The number of amides is 2. The Labute approximate surface area is 221 Å².